The molecule has 0 N–H and O–H groups in total. The molecule has 1 aromatic heterocycles. The lowest BCUT2D eigenvalue weighted by Gasteiger charge is -2.28. The van der Waals surface area contributed by atoms with Gasteiger partial charge in [0.15, 0.2) is 0 Å². The molecule has 9 heteroatoms. The fourth-order valence-corrected chi connectivity index (χ4v) is 5.25. The Bertz CT molecular complexity index is 860. The van der Waals surface area contributed by atoms with E-state index in [1.807, 2.05) is 0 Å². The molecule has 0 atom stereocenters. The molecule has 2 aromatic rings. The highest BCUT2D eigenvalue weighted by molar-refractivity contribution is 7.89. The van der Waals surface area contributed by atoms with Crippen LogP contribution < -0.4 is 0 Å². The molecule has 1 aliphatic carbocycles. The molecule has 0 aliphatic heterocycles. The summed E-state index contributed by atoms with van der Waals surface area (Å²) in [5, 5.41) is -0.172. The smallest absolute Gasteiger partial charge is 0.417 e. The molecule has 142 valence electrons. The van der Waals surface area contributed by atoms with Crippen molar-refractivity contribution in [3.8, 4) is 0 Å². The lowest BCUT2D eigenvalue weighted by molar-refractivity contribution is -0.139. The Labute approximate surface area is 154 Å². The van der Waals surface area contributed by atoms with E-state index in [0.717, 1.165) is 29.3 Å². The first-order valence-electron chi connectivity index (χ1n) is 8.10. The Kier molecular flexibility index (Phi) is 5.37. The van der Waals surface area contributed by atoms with Crippen molar-refractivity contribution in [1.29, 1.82) is 0 Å². The van der Waals surface area contributed by atoms with Crippen molar-refractivity contribution in [3.63, 3.8) is 0 Å². The maximum Gasteiger partial charge on any atom is 0.417 e. The second kappa shape index (κ2) is 7.25. The van der Waals surface area contributed by atoms with Gasteiger partial charge in [-0.2, -0.15) is 17.5 Å². The van der Waals surface area contributed by atoms with E-state index in [0.29, 0.717) is 24.7 Å². The minimum atomic E-state index is -4.83. The first kappa shape index (κ1) is 19.3. The van der Waals surface area contributed by atoms with Crippen LogP contribution in [-0.4, -0.2) is 18.8 Å². The third-order valence-electron chi connectivity index (χ3n) is 4.46. The number of nitrogens with zero attached hydrogens (tertiary/aromatic N) is 1. The quantitative estimate of drug-likeness (QED) is 0.694. The van der Waals surface area contributed by atoms with E-state index in [4.69, 9.17) is 16.0 Å². The molecule has 26 heavy (non-hydrogen) atoms. The normalized spacial score (nSPS) is 16.5. The van der Waals surface area contributed by atoms with Crippen LogP contribution in [0.5, 0.6) is 0 Å². The molecular weight excluding hydrogens is 391 g/mol. The summed E-state index contributed by atoms with van der Waals surface area (Å²) < 4.78 is 72.9. The van der Waals surface area contributed by atoms with Crippen molar-refractivity contribution >= 4 is 21.6 Å². The standard InChI is InChI=1S/C17H17ClF3NO3S/c18-12-7-8-16(15(10-12)17(19,20)21)26(23,24)22(13-4-1-2-5-13)11-14-6-3-9-25-14/h3,6-10,13H,1-2,4-5,11H2. The number of furan rings is 1. The van der Waals surface area contributed by atoms with Gasteiger partial charge in [0, 0.05) is 11.1 Å². The predicted octanol–water partition coefficient (Wildman–Crippen LogP) is 5.09. The highest BCUT2D eigenvalue weighted by atomic mass is 35.5. The monoisotopic (exact) mass is 407 g/mol. The van der Waals surface area contributed by atoms with E-state index in [1.165, 1.54) is 6.26 Å². The lowest BCUT2D eigenvalue weighted by atomic mass is 10.2. The van der Waals surface area contributed by atoms with E-state index < -0.39 is 26.7 Å². The molecule has 0 unspecified atom stereocenters. The molecule has 0 radical (unpaired) electrons. The zero-order valence-corrected chi connectivity index (χ0v) is 15.2. The molecule has 0 spiro atoms. The molecule has 1 aromatic carbocycles. The first-order chi connectivity index (χ1) is 12.2. The predicted molar refractivity (Wildman–Crippen MR) is 90.1 cm³/mol. The van der Waals surface area contributed by atoms with Gasteiger partial charge in [-0.3, -0.25) is 0 Å². The van der Waals surface area contributed by atoms with Crippen LogP contribution in [0.25, 0.3) is 0 Å². The van der Waals surface area contributed by atoms with Crippen LogP contribution in [0.3, 0.4) is 0 Å². The summed E-state index contributed by atoms with van der Waals surface area (Å²) >= 11 is 5.67. The minimum Gasteiger partial charge on any atom is -0.468 e. The molecule has 1 saturated carbocycles. The summed E-state index contributed by atoms with van der Waals surface area (Å²) in [6, 6.07) is 5.58. The van der Waals surface area contributed by atoms with Crippen molar-refractivity contribution < 1.29 is 26.0 Å². The highest BCUT2D eigenvalue weighted by Gasteiger charge is 2.41. The summed E-state index contributed by atoms with van der Waals surface area (Å²) in [5.74, 6) is 0.378. The molecule has 1 heterocycles. The van der Waals surface area contributed by atoms with Gasteiger partial charge in [-0.15, -0.1) is 0 Å². The Balaban J connectivity index is 2.08. The topological polar surface area (TPSA) is 50.5 Å². The fourth-order valence-electron chi connectivity index (χ4n) is 3.23. The van der Waals surface area contributed by atoms with Gasteiger partial charge >= 0.3 is 6.18 Å². The summed E-state index contributed by atoms with van der Waals surface area (Å²) in [7, 11) is -4.40. The molecule has 4 nitrogen and oxygen atoms in total. The Morgan fingerprint density at radius 1 is 1.19 bits per heavy atom. The maximum absolute atomic E-state index is 13.4. The van der Waals surface area contributed by atoms with Crippen LogP contribution in [0.15, 0.2) is 45.9 Å². The van der Waals surface area contributed by atoms with E-state index >= 15 is 0 Å². The highest BCUT2D eigenvalue weighted by Crippen LogP contribution is 2.39. The Morgan fingerprint density at radius 3 is 2.46 bits per heavy atom. The summed E-state index contributed by atoms with van der Waals surface area (Å²) in [4.78, 5) is -0.784. The Hall–Kier alpha value is -1.51. The van der Waals surface area contributed by atoms with Crippen molar-refractivity contribution in [2.45, 2.75) is 49.3 Å². The molecule has 0 bridgehead atoms. The van der Waals surface area contributed by atoms with Crippen molar-refractivity contribution in [1.82, 2.24) is 4.31 Å². The van der Waals surface area contributed by atoms with Crippen LogP contribution >= 0.6 is 11.6 Å². The number of hydrogen-bond acceptors (Lipinski definition) is 3. The minimum absolute atomic E-state index is 0.111. The van der Waals surface area contributed by atoms with Crippen molar-refractivity contribution in [3.05, 3.63) is 52.9 Å². The summed E-state index contributed by atoms with van der Waals surface area (Å²) in [6.45, 7) is -0.111. The largest absolute Gasteiger partial charge is 0.468 e. The van der Waals surface area contributed by atoms with Gasteiger partial charge in [-0.1, -0.05) is 24.4 Å². The number of sulfonamides is 1. The summed E-state index contributed by atoms with van der Waals surface area (Å²) in [5.41, 5.74) is -1.26. The van der Waals surface area contributed by atoms with Gasteiger partial charge in [0.2, 0.25) is 10.0 Å². The van der Waals surface area contributed by atoms with Crippen LogP contribution in [0.4, 0.5) is 13.2 Å². The number of hydrogen-bond donors (Lipinski definition) is 0. The van der Waals surface area contributed by atoms with Gasteiger partial charge in [0.25, 0.3) is 0 Å². The molecule has 0 amide bonds. The van der Waals surface area contributed by atoms with Crippen LogP contribution in [0.1, 0.15) is 37.0 Å². The number of benzene rings is 1. The van der Waals surface area contributed by atoms with Crippen LogP contribution in [0.2, 0.25) is 5.02 Å². The van der Waals surface area contributed by atoms with Gasteiger partial charge < -0.3 is 4.42 Å². The van der Waals surface area contributed by atoms with Crippen LogP contribution in [-0.2, 0) is 22.7 Å². The van der Waals surface area contributed by atoms with Crippen molar-refractivity contribution in [2.75, 3.05) is 0 Å². The van der Waals surface area contributed by atoms with Gasteiger partial charge in [0.1, 0.15) is 5.76 Å². The molecule has 0 saturated heterocycles. The van der Waals surface area contributed by atoms with E-state index in [9.17, 15) is 21.6 Å². The third-order valence-corrected chi connectivity index (χ3v) is 6.65. The third kappa shape index (κ3) is 3.92. The second-order valence-electron chi connectivity index (χ2n) is 6.21. The maximum atomic E-state index is 13.4. The Morgan fingerprint density at radius 2 is 1.88 bits per heavy atom. The molecule has 1 aliphatic rings. The zero-order chi connectivity index (χ0) is 18.9. The number of rotatable bonds is 5. The van der Waals surface area contributed by atoms with Crippen molar-refractivity contribution in [2.24, 2.45) is 0 Å². The SMILES string of the molecule is O=S(=O)(c1ccc(Cl)cc1C(F)(F)F)N(Cc1ccco1)C1CCCC1. The number of alkyl halides is 3. The summed E-state index contributed by atoms with van der Waals surface area (Å²) in [6.07, 6.45) is -0.551. The average molecular weight is 408 g/mol. The first-order valence-corrected chi connectivity index (χ1v) is 9.92. The van der Waals surface area contributed by atoms with Gasteiger partial charge in [-0.25, -0.2) is 8.42 Å². The molecule has 1 fully saturated rings. The van der Waals surface area contributed by atoms with Gasteiger partial charge in [0.05, 0.1) is 23.3 Å². The zero-order valence-electron chi connectivity index (χ0n) is 13.7. The lowest BCUT2D eigenvalue weighted by Crippen LogP contribution is -2.39. The van der Waals surface area contributed by atoms with E-state index in [-0.39, 0.29) is 17.6 Å². The fraction of sp³-hybridized carbons (Fsp3) is 0.412. The number of halogens is 4. The van der Waals surface area contributed by atoms with E-state index in [2.05, 4.69) is 0 Å². The van der Waals surface area contributed by atoms with E-state index in [1.54, 1.807) is 12.1 Å². The molecular formula is C17H17ClF3NO3S. The second-order valence-corrected chi connectivity index (χ2v) is 8.50. The average Bonchev–Trinajstić information content (AvgIpc) is 3.25. The van der Waals surface area contributed by atoms with Gasteiger partial charge in [-0.05, 0) is 43.2 Å². The van der Waals surface area contributed by atoms with Crippen LogP contribution in [0, 0.1) is 0 Å². The molecule has 3 rings (SSSR count).